The third-order valence-corrected chi connectivity index (χ3v) is 21.7. The Bertz CT molecular complexity index is 1300. The Morgan fingerprint density at radius 3 is 0.723 bits per heavy atom. The maximum Gasteiger partial charge on any atom is 0.525 e. The molecule has 0 aliphatic heterocycles. The topological polar surface area (TPSA) is 133 Å². The van der Waals surface area contributed by atoms with Crippen LogP contribution in [0.4, 0.5) is 61.5 Å². The van der Waals surface area contributed by atoms with E-state index in [1.54, 1.807) is 49.3 Å². The largest absolute Gasteiger partial charge is 0.743 e. The zero-order valence-corrected chi connectivity index (χ0v) is 42.3. The predicted octanol–water partition coefficient (Wildman–Crippen LogP) is 15.0. The molecule has 398 valence electrons. The van der Waals surface area contributed by atoms with Gasteiger partial charge in [-0.2, -0.15) is 39.5 Å². The van der Waals surface area contributed by atoms with E-state index >= 15 is 0 Å². The number of rotatable bonds is 31. The molecule has 0 radical (unpaired) electrons. The first kappa shape index (κ1) is 71.2. The molecule has 0 aromatic heterocycles. The Kier molecular flexibility index (Phi) is 37.3. The summed E-state index contributed by atoms with van der Waals surface area (Å²) in [5, 5.41) is -11.9. The van der Waals surface area contributed by atoms with Gasteiger partial charge >= 0.3 is 29.2 Å². The summed E-state index contributed by atoms with van der Waals surface area (Å²) in [6.07, 6.45) is 7.59. The van der Waals surface area contributed by atoms with Gasteiger partial charge in [0, 0.05) is 14.5 Å². The first-order valence-corrected chi connectivity index (χ1v) is 29.9. The average molecular weight is 1060 g/mol. The van der Waals surface area contributed by atoms with E-state index in [0.29, 0.717) is 0 Å². The quantitative estimate of drug-likeness (QED) is 0.0381. The normalized spacial score (nSPS) is 14.3. The molecule has 0 aliphatic rings. The van der Waals surface area contributed by atoms with Gasteiger partial charge in [0.25, 0.3) is 12.7 Å². The van der Waals surface area contributed by atoms with Crippen molar-refractivity contribution in [2.45, 2.75) is 200 Å². The van der Waals surface area contributed by atoms with Gasteiger partial charge in [-0.05, 0) is 51.4 Å². The Hall–Kier alpha value is -0.380. The molecule has 0 heterocycles. The Balaban J connectivity index is -0.000000383. The molecule has 8 nitrogen and oxygen atoms in total. The Morgan fingerprint density at radius 1 is 0.400 bits per heavy atom. The predicted molar refractivity (Wildman–Crippen MR) is 230 cm³/mol. The van der Waals surface area contributed by atoms with E-state index in [1.807, 2.05) is 9.47 Å². The van der Waals surface area contributed by atoms with Crippen molar-refractivity contribution in [3.63, 3.8) is 0 Å². The number of halogens is 14. The van der Waals surface area contributed by atoms with Crippen LogP contribution in [-0.4, -0.2) is 117 Å². The lowest BCUT2D eigenvalue weighted by atomic mass is 10.4. The summed E-state index contributed by atoms with van der Waals surface area (Å²) in [4.78, 5) is 0. The molecular formula is C39H74F14O8P2S2. The highest BCUT2D eigenvalue weighted by molar-refractivity contribution is 7.87. The minimum Gasteiger partial charge on any atom is -0.743 e. The van der Waals surface area contributed by atoms with Crippen molar-refractivity contribution in [2.24, 2.45) is 0 Å². The van der Waals surface area contributed by atoms with Crippen molar-refractivity contribution in [1.82, 2.24) is 0 Å². The summed E-state index contributed by atoms with van der Waals surface area (Å²) in [5.41, 5.74) is 0. The van der Waals surface area contributed by atoms with Crippen LogP contribution in [0, 0.1) is 0 Å². The third-order valence-electron chi connectivity index (χ3n) is 9.90. The van der Waals surface area contributed by atoms with Crippen molar-refractivity contribution < 1.29 is 96.9 Å². The van der Waals surface area contributed by atoms with Gasteiger partial charge < -0.3 is 9.11 Å². The molecule has 0 rings (SSSR count). The van der Waals surface area contributed by atoms with E-state index in [1.165, 1.54) is 103 Å². The number of unbranched alkanes of at least 4 members (excludes halogenated alkanes) is 8. The van der Waals surface area contributed by atoms with Gasteiger partial charge in [-0.15, -0.1) is 13.2 Å². The molecule has 0 fully saturated rings. The second kappa shape index (κ2) is 34.0. The van der Waals surface area contributed by atoms with Gasteiger partial charge in [-0.25, -0.2) is 30.4 Å². The van der Waals surface area contributed by atoms with Crippen LogP contribution in [0.3, 0.4) is 0 Å². The van der Waals surface area contributed by atoms with E-state index in [9.17, 15) is 87.4 Å². The van der Waals surface area contributed by atoms with Crippen LogP contribution < -0.4 is 0 Å². The van der Waals surface area contributed by atoms with Crippen LogP contribution in [0.2, 0.25) is 0 Å². The maximum absolute atomic E-state index is 12.2. The molecular weight excluding hydrogens is 988 g/mol. The van der Waals surface area contributed by atoms with Gasteiger partial charge in [-0.1, -0.05) is 107 Å². The highest BCUT2D eigenvalue weighted by Gasteiger charge is 2.64. The van der Waals surface area contributed by atoms with Gasteiger partial charge in [0.15, 0.2) is 20.2 Å². The fourth-order valence-corrected chi connectivity index (χ4v) is 17.1. The van der Waals surface area contributed by atoms with E-state index < -0.39 is 76.6 Å². The Labute approximate surface area is 380 Å². The van der Waals surface area contributed by atoms with Crippen LogP contribution in [0.25, 0.3) is 0 Å². The van der Waals surface area contributed by atoms with Crippen molar-refractivity contribution in [2.75, 3.05) is 49.3 Å². The third kappa shape index (κ3) is 30.8. The zero-order chi connectivity index (χ0) is 52.0. The van der Waals surface area contributed by atoms with E-state index in [4.69, 9.17) is 0 Å². The molecule has 0 amide bonds. The molecule has 0 aromatic carbocycles. The number of hydrogen-bond donors (Lipinski definition) is 0. The molecule has 0 spiro atoms. The number of alkyl halides is 14. The molecule has 2 unspecified atom stereocenters. The Morgan fingerprint density at radius 2 is 0.585 bits per heavy atom. The van der Waals surface area contributed by atoms with Crippen LogP contribution in [0.5, 0.6) is 0 Å². The molecule has 2 atom stereocenters. The van der Waals surface area contributed by atoms with Crippen LogP contribution in [0.1, 0.15) is 158 Å². The summed E-state index contributed by atoms with van der Waals surface area (Å²) in [6.45, 7) is 18.8. The van der Waals surface area contributed by atoms with E-state index in [2.05, 4.69) is 55.4 Å². The summed E-state index contributed by atoms with van der Waals surface area (Å²) in [6, 6.07) is 0. The molecule has 0 saturated carbocycles. The van der Waals surface area contributed by atoms with Gasteiger partial charge in [0.1, 0.15) is 0 Å². The maximum atomic E-state index is 12.2. The first-order valence-electron chi connectivity index (χ1n) is 22.0. The van der Waals surface area contributed by atoms with Crippen LogP contribution in [-0.2, 0) is 29.7 Å². The van der Waals surface area contributed by atoms with Crippen molar-refractivity contribution in [3.8, 4) is 0 Å². The summed E-state index contributed by atoms with van der Waals surface area (Å²) in [5.74, 6) is 0. The van der Waals surface area contributed by atoms with E-state index in [0.717, 1.165) is 0 Å². The van der Waals surface area contributed by atoms with Crippen LogP contribution >= 0.6 is 14.5 Å². The molecule has 0 aromatic rings. The average Bonchev–Trinajstić information content (AvgIpc) is 3.18. The second-order valence-corrected chi connectivity index (χ2v) is 27.5. The molecule has 0 saturated heterocycles. The standard InChI is InChI=1S/2C16H36P.C4H2F8O4S.C3H2F6O4S/c2*1-5-9-13-17(14-10-6-2,15-11-7-3)16-12-8-4;5-1(2(6,7)17(13,14)15)16-4(11,12)3(8,9)10;4-1(13-3(7,8)9)2(5,6)14(10,11)12/h2*5-16H2,1-4H3;1H,(H,13,14,15);1H,(H,10,11,12)/q2*+1;;/p-2. The summed E-state index contributed by atoms with van der Waals surface area (Å²) < 4.78 is 225. The minimum absolute atomic E-state index is 0.562. The summed E-state index contributed by atoms with van der Waals surface area (Å²) >= 11 is 0. The van der Waals surface area contributed by atoms with Crippen LogP contribution in [0.15, 0.2) is 0 Å². The molecule has 0 N–H and O–H groups in total. The van der Waals surface area contributed by atoms with Gasteiger partial charge in [-0.3, -0.25) is 4.74 Å². The van der Waals surface area contributed by atoms with Crippen molar-refractivity contribution in [3.05, 3.63) is 0 Å². The zero-order valence-electron chi connectivity index (χ0n) is 38.9. The molecule has 0 aliphatic carbocycles. The summed E-state index contributed by atoms with van der Waals surface area (Å²) in [7, 11) is -14.5. The lowest BCUT2D eigenvalue weighted by molar-refractivity contribution is -0.423. The molecule has 0 bridgehead atoms. The SMILES string of the molecule is CCCC[P+](CCCC)(CCCC)CCCC.CCCC[P+](CCCC)(CCCC)CCCC.O=S(=O)([O-])C(F)(F)C(F)OC(F)(F)C(F)(F)F.O=S(=O)([O-])C(F)(F)C(F)OC(F)(F)F. The van der Waals surface area contributed by atoms with Gasteiger partial charge in [0.05, 0.1) is 49.3 Å². The highest BCUT2D eigenvalue weighted by atomic mass is 32.2. The number of ether oxygens (including phenoxy) is 2. The van der Waals surface area contributed by atoms with Crippen molar-refractivity contribution in [1.29, 1.82) is 0 Å². The number of hydrogen-bond acceptors (Lipinski definition) is 8. The first-order chi connectivity index (χ1) is 29.5. The van der Waals surface area contributed by atoms with Gasteiger partial charge in [0.2, 0.25) is 0 Å². The fourth-order valence-electron chi connectivity index (χ4n) is 5.97. The fraction of sp³-hybridized carbons (Fsp3) is 1.00. The molecule has 65 heavy (non-hydrogen) atoms. The smallest absolute Gasteiger partial charge is 0.525 e. The molecule has 26 heteroatoms. The lowest BCUT2D eigenvalue weighted by Gasteiger charge is -2.28. The van der Waals surface area contributed by atoms with E-state index in [-0.39, 0.29) is 0 Å². The minimum atomic E-state index is -6.80. The monoisotopic (exact) mass is 1060 g/mol. The second-order valence-electron chi connectivity index (χ2n) is 15.7. The van der Waals surface area contributed by atoms with Crippen molar-refractivity contribution >= 4 is 34.8 Å². The highest BCUT2D eigenvalue weighted by Crippen LogP contribution is 2.62. The lowest BCUT2D eigenvalue weighted by Crippen LogP contribution is -2.48.